The molecule has 1 aliphatic carbocycles. The quantitative estimate of drug-likeness (QED) is 0.648. The van der Waals surface area contributed by atoms with Crippen molar-refractivity contribution in [1.82, 2.24) is 4.90 Å². The van der Waals surface area contributed by atoms with Gasteiger partial charge in [0.15, 0.2) is 0 Å². The van der Waals surface area contributed by atoms with E-state index in [1.807, 2.05) is 4.90 Å². The minimum Gasteiger partial charge on any atom is -0.342 e. The Balaban J connectivity index is 1.84. The fourth-order valence-electron chi connectivity index (χ4n) is 2.15. The molecule has 1 atom stereocenters. The van der Waals surface area contributed by atoms with Gasteiger partial charge in [-0.15, -0.1) is 11.6 Å². The number of hydrogen-bond acceptors (Lipinski definition) is 1. The largest absolute Gasteiger partial charge is 0.342 e. The number of carbonyl (C=O) groups excluding carboxylic acids is 1. The molecule has 1 saturated heterocycles. The molecular formula is C11H18ClNO. The molecule has 0 N–H and O–H groups in total. The van der Waals surface area contributed by atoms with Crippen molar-refractivity contribution in [2.75, 3.05) is 13.1 Å². The maximum absolute atomic E-state index is 12.0. The lowest BCUT2D eigenvalue weighted by Crippen LogP contribution is -2.41. The van der Waals surface area contributed by atoms with Crippen LogP contribution in [0.2, 0.25) is 0 Å². The number of piperidine rings is 1. The van der Waals surface area contributed by atoms with Crippen molar-refractivity contribution >= 4 is 17.5 Å². The van der Waals surface area contributed by atoms with Crippen LogP contribution in [0.25, 0.3) is 0 Å². The van der Waals surface area contributed by atoms with Crippen LogP contribution in [0.1, 0.15) is 32.6 Å². The number of nitrogens with zero attached hydrogens (tertiary/aromatic N) is 1. The highest BCUT2D eigenvalue weighted by molar-refractivity contribution is 6.20. The SMILES string of the molecule is CC(C(=O)N1CCC(Cl)CC1)C1CC1. The van der Waals surface area contributed by atoms with E-state index in [-0.39, 0.29) is 11.3 Å². The molecule has 0 radical (unpaired) electrons. The molecule has 2 nitrogen and oxygen atoms in total. The monoisotopic (exact) mass is 215 g/mol. The summed E-state index contributed by atoms with van der Waals surface area (Å²) in [4.78, 5) is 14.0. The minimum atomic E-state index is 0.252. The van der Waals surface area contributed by atoms with E-state index in [1.165, 1.54) is 12.8 Å². The third-order valence-electron chi connectivity index (χ3n) is 3.45. The van der Waals surface area contributed by atoms with Crippen molar-refractivity contribution in [1.29, 1.82) is 0 Å². The van der Waals surface area contributed by atoms with E-state index in [1.54, 1.807) is 0 Å². The van der Waals surface area contributed by atoms with Crippen molar-refractivity contribution in [2.24, 2.45) is 11.8 Å². The van der Waals surface area contributed by atoms with Crippen LogP contribution in [0.15, 0.2) is 0 Å². The van der Waals surface area contributed by atoms with Gasteiger partial charge in [0.1, 0.15) is 0 Å². The summed E-state index contributed by atoms with van der Waals surface area (Å²) in [6.07, 6.45) is 4.42. The van der Waals surface area contributed by atoms with Gasteiger partial charge in [-0.05, 0) is 31.6 Å². The van der Waals surface area contributed by atoms with Gasteiger partial charge in [0.25, 0.3) is 0 Å². The van der Waals surface area contributed by atoms with Crippen LogP contribution in [-0.2, 0) is 4.79 Å². The second-order valence-electron chi connectivity index (χ2n) is 4.63. The first-order chi connectivity index (χ1) is 6.68. The van der Waals surface area contributed by atoms with Crippen molar-refractivity contribution in [2.45, 2.75) is 38.0 Å². The average molecular weight is 216 g/mol. The predicted molar refractivity (Wildman–Crippen MR) is 57.3 cm³/mol. The zero-order valence-electron chi connectivity index (χ0n) is 8.71. The van der Waals surface area contributed by atoms with Crippen LogP contribution in [0.4, 0.5) is 0 Å². The highest BCUT2D eigenvalue weighted by Gasteiger charge is 2.35. The van der Waals surface area contributed by atoms with E-state index in [0.717, 1.165) is 25.9 Å². The van der Waals surface area contributed by atoms with Crippen LogP contribution in [-0.4, -0.2) is 29.3 Å². The summed E-state index contributed by atoms with van der Waals surface area (Å²) in [6, 6.07) is 0. The number of hydrogen-bond donors (Lipinski definition) is 0. The maximum Gasteiger partial charge on any atom is 0.225 e. The molecule has 2 aliphatic rings. The van der Waals surface area contributed by atoms with E-state index in [9.17, 15) is 4.79 Å². The van der Waals surface area contributed by atoms with Crippen LogP contribution < -0.4 is 0 Å². The van der Waals surface area contributed by atoms with E-state index in [0.29, 0.717) is 11.8 Å². The fourth-order valence-corrected chi connectivity index (χ4v) is 2.35. The highest BCUT2D eigenvalue weighted by Crippen LogP contribution is 2.37. The Morgan fingerprint density at radius 2 is 1.86 bits per heavy atom. The van der Waals surface area contributed by atoms with Gasteiger partial charge in [-0.2, -0.15) is 0 Å². The summed E-state index contributed by atoms with van der Waals surface area (Å²) in [6.45, 7) is 3.81. The van der Waals surface area contributed by atoms with E-state index < -0.39 is 0 Å². The molecular weight excluding hydrogens is 198 g/mol. The van der Waals surface area contributed by atoms with Gasteiger partial charge in [0, 0.05) is 24.4 Å². The first kappa shape index (κ1) is 10.3. The lowest BCUT2D eigenvalue weighted by atomic mass is 10.0. The number of amides is 1. The number of likely N-dealkylation sites (tertiary alicyclic amines) is 1. The molecule has 2 fully saturated rings. The molecule has 0 spiro atoms. The van der Waals surface area contributed by atoms with Gasteiger partial charge in [0.05, 0.1) is 0 Å². The van der Waals surface area contributed by atoms with Crippen molar-refractivity contribution in [3.63, 3.8) is 0 Å². The third kappa shape index (κ3) is 2.22. The Hall–Kier alpha value is -0.240. The summed E-state index contributed by atoms with van der Waals surface area (Å²) in [5, 5.41) is 0.287. The van der Waals surface area contributed by atoms with E-state index in [4.69, 9.17) is 11.6 Å². The molecule has 2 rings (SSSR count). The van der Waals surface area contributed by atoms with Crippen LogP contribution in [0, 0.1) is 11.8 Å². The van der Waals surface area contributed by atoms with Gasteiger partial charge in [-0.3, -0.25) is 4.79 Å². The molecule has 0 aromatic heterocycles. The first-order valence-corrected chi connectivity index (χ1v) is 6.05. The molecule has 1 unspecified atom stereocenters. The van der Waals surface area contributed by atoms with Crippen LogP contribution in [0.5, 0.6) is 0 Å². The Morgan fingerprint density at radius 3 is 2.36 bits per heavy atom. The Bertz CT molecular complexity index is 219. The zero-order chi connectivity index (χ0) is 10.1. The smallest absolute Gasteiger partial charge is 0.225 e. The van der Waals surface area contributed by atoms with Crippen LogP contribution >= 0.6 is 11.6 Å². The van der Waals surface area contributed by atoms with Crippen molar-refractivity contribution in [3.05, 3.63) is 0 Å². The predicted octanol–water partition coefficient (Wildman–Crippen LogP) is 2.26. The molecule has 3 heteroatoms. The molecule has 80 valence electrons. The van der Waals surface area contributed by atoms with E-state index >= 15 is 0 Å². The summed E-state index contributed by atoms with van der Waals surface area (Å²) in [5.41, 5.74) is 0. The summed E-state index contributed by atoms with van der Waals surface area (Å²) >= 11 is 6.00. The molecule has 1 amide bonds. The molecule has 0 aromatic rings. The van der Waals surface area contributed by atoms with Gasteiger partial charge >= 0.3 is 0 Å². The number of rotatable bonds is 2. The summed E-state index contributed by atoms with van der Waals surface area (Å²) < 4.78 is 0. The Morgan fingerprint density at radius 1 is 1.29 bits per heavy atom. The highest BCUT2D eigenvalue weighted by atomic mass is 35.5. The fraction of sp³-hybridized carbons (Fsp3) is 0.909. The van der Waals surface area contributed by atoms with E-state index in [2.05, 4.69) is 6.92 Å². The number of carbonyl (C=O) groups is 1. The van der Waals surface area contributed by atoms with Crippen LogP contribution in [0.3, 0.4) is 0 Å². The molecule has 0 aromatic carbocycles. The molecule has 1 saturated carbocycles. The van der Waals surface area contributed by atoms with Gasteiger partial charge < -0.3 is 4.90 Å². The lowest BCUT2D eigenvalue weighted by Gasteiger charge is -2.31. The maximum atomic E-state index is 12.0. The second-order valence-corrected chi connectivity index (χ2v) is 5.24. The lowest BCUT2D eigenvalue weighted by molar-refractivity contribution is -0.136. The molecule has 14 heavy (non-hydrogen) atoms. The third-order valence-corrected chi connectivity index (χ3v) is 3.89. The molecule has 1 heterocycles. The van der Waals surface area contributed by atoms with Crippen molar-refractivity contribution < 1.29 is 4.79 Å². The van der Waals surface area contributed by atoms with Gasteiger partial charge in [0.2, 0.25) is 5.91 Å². The minimum absolute atomic E-state index is 0.252. The van der Waals surface area contributed by atoms with Gasteiger partial charge in [-0.1, -0.05) is 6.92 Å². The zero-order valence-corrected chi connectivity index (χ0v) is 9.46. The Kier molecular flexibility index (Phi) is 3.01. The van der Waals surface area contributed by atoms with Gasteiger partial charge in [-0.25, -0.2) is 0 Å². The number of alkyl halides is 1. The average Bonchev–Trinajstić information content (AvgIpc) is 3.00. The first-order valence-electron chi connectivity index (χ1n) is 5.61. The standard InChI is InChI=1S/C11H18ClNO/c1-8(9-2-3-9)11(14)13-6-4-10(12)5-7-13/h8-10H,2-7H2,1H3. The number of halogens is 1. The second kappa shape index (κ2) is 4.09. The van der Waals surface area contributed by atoms with Crippen molar-refractivity contribution in [3.8, 4) is 0 Å². The summed E-state index contributed by atoms with van der Waals surface area (Å²) in [5.74, 6) is 1.29. The molecule has 1 aliphatic heterocycles. The Labute approximate surface area is 90.6 Å². The summed E-state index contributed by atoms with van der Waals surface area (Å²) in [7, 11) is 0. The topological polar surface area (TPSA) is 20.3 Å². The normalized spacial score (nSPS) is 26.3. The molecule has 0 bridgehead atoms.